The Labute approximate surface area is 92.8 Å². The topological polar surface area (TPSA) is 17.1 Å². The maximum atomic E-state index is 13.0. The molecule has 0 aliphatic heterocycles. The molecule has 1 aromatic rings. The van der Waals surface area contributed by atoms with Crippen LogP contribution in [0.3, 0.4) is 0 Å². The van der Waals surface area contributed by atoms with Gasteiger partial charge in [0.25, 0.3) is 0 Å². The molecule has 0 fully saturated rings. The summed E-state index contributed by atoms with van der Waals surface area (Å²) < 4.78 is 26.0. The van der Waals surface area contributed by atoms with Crippen molar-refractivity contribution in [2.24, 2.45) is 5.92 Å². The summed E-state index contributed by atoms with van der Waals surface area (Å²) in [7, 11) is 0. The van der Waals surface area contributed by atoms with E-state index in [0.29, 0.717) is 24.0 Å². The molecule has 1 aromatic carbocycles. The monoisotopic (exact) mass is 222 g/mol. The summed E-state index contributed by atoms with van der Waals surface area (Å²) in [5.41, 5.74) is 0.965. The van der Waals surface area contributed by atoms with Crippen molar-refractivity contribution in [3.63, 3.8) is 0 Å². The first-order chi connectivity index (χ1) is 7.63. The second-order valence-electron chi connectivity index (χ2n) is 3.99. The van der Waals surface area contributed by atoms with E-state index in [4.69, 9.17) is 0 Å². The Hall–Kier alpha value is -1.51. The van der Waals surface area contributed by atoms with Crippen molar-refractivity contribution in [3.8, 4) is 0 Å². The maximum absolute atomic E-state index is 13.0. The zero-order chi connectivity index (χ0) is 11.7. The molecule has 0 heterocycles. The van der Waals surface area contributed by atoms with E-state index in [1.165, 1.54) is 0 Å². The summed E-state index contributed by atoms with van der Waals surface area (Å²) in [5, 5.41) is 0. The fourth-order valence-electron chi connectivity index (χ4n) is 2.06. The van der Waals surface area contributed by atoms with Gasteiger partial charge in [0.2, 0.25) is 0 Å². The number of halogens is 2. The van der Waals surface area contributed by atoms with E-state index in [2.05, 4.69) is 0 Å². The van der Waals surface area contributed by atoms with Crippen LogP contribution >= 0.6 is 0 Å². The zero-order valence-corrected chi connectivity index (χ0v) is 8.97. The highest BCUT2D eigenvalue weighted by Crippen LogP contribution is 2.30. The molecule has 3 heteroatoms. The van der Waals surface area contributed by atoms with Crippen molar-refractivity contribution >= 4 is 5.78 Å². The van der Waals surface area contributed by atoms with Crippen LogP contribution in [0.5, 0.6) is 0 Å². The van der Waals surface area contributed by atoms with Gasteiger partial charge in [0, 0.05) is 11.5 Å². The Morgan fingerprint density at radius 3 is 2.75 bits per heavy atom. The molecule has 0 radical (unpaired) electrons. The summed E-state index contributed by atoms with van der Waals surface area (Å²) in [6.45, 7) is 1.88. The predicted octanol–water partition coefficient (Wildman–Crippen LogP) is 3.29. The van der Waals surface area contributed by atoms with Gasteiger partial charge < -0.3 is 0 Å². The second-order valence-corrected chi connectivity index (χ2v) is 3.99. The van der Waals surface area contributed by atoms with Crippen LogP contribution in [0.25, 0.3) is 0 Å². The Morgan fingerprint density at radius 2 is 2.06 bits per heavy atom. The minimum atomic E-state index is -0.946. The molecule has 1 atom stereocenters. The molecule has 0 spiro atoms. The SMILES string of the molecule is C/C=C/CC1Cc2cc(F)c(F)cc2C1=O. The highest BCUT2D eigenvalue weighted by atomic mass is 19.2. The number of benzene rings is 1. The summed E-state index contributed by atoms with van der Waals surface area (Å²) >= 11 is 0. The number of carbonyl (C=O) groups is 1. The smallest absolute Gasteiger partial charge is 0.166 e. The van der Waals surface area contributed by atoms with Crippen LogP contribution in [0.2, 0.25) is 0 Å². The molecule has 1 nitrogen and oxygen atoms in total. The third-order valence-corrected chi connectivity index (χ3v) is 2.90. The number of fused-ring (bicyclic) bond motifs is 1. The van der Waals surface area contributed by atoms with E-state index in [-0.39, 0.29) is 11.7 Å². The first-order valence-corrected chi connectivity index (χ1v) is 5.26. The normalized spacial score (nSPS) is 19.4. The van der Waals surface area contributed by atoms with Gasteiger partial charge in [0.1, 0.15) is 0 Å². The van der Waals surface area contributed by atoms with Crippen molar-refractivity contribution in [3.05, 3.63) is 47.0 Å². The third-order valence-electron chi connectivity index (χ3n) is 2.90. The fourth-order valence-corrected chi connectivity index (χ4v) is 2.06. The Kier molecular flexibility index (Phi) is 2.86. The molecule has 2 rings (SSSR count). The largest absolute Gasteiger partial charge is 0.294 e. The van der Waals surface area contributed by atoms with Crippen molar-refractivity contribution in [1.29, 1.82) is 0 Å². The predicted molar refractivity (Wildman–Crippen MR) is 57.3 cm³/mol. The second kappa shape index (κ2) is 4.16. The minimum absolute atomic E-state index is 0.0769. The standard InChI is InChI=1S/C13H12F2O/c1-2-3-4-8-5-9-6-11(14)12(15)7-10(9)13(8)16/h2-3,6-8H,4-5H2,1H3/b3-2+. The fraction of sp³-hybridized carbons (Fsp3) is 0.308. The Bertz CT molecular complexity index is 463. The molecule has 1 unspecified atom stereocenters. The average Bonchev–Trinajstić information content (AvgIpc) is 2.54. The highest BCUT2D eigenvalue weighted by molar-refractivity contribution is 6.02. The molecule has 84 valence electrons. The number of ketones is 1. The Morgan fingerprint density at radius 1 is 1.38 bits per heavy atom. The van der Waals surface area contributed by atoms with E-state index in [1.807, 2.05) is 19.1 Å². The van der Waals surface area contributed by atoms with Gasteiger partial charge in [-0.3, -0.25) is 4.79 Å². The first kappa shape index (κ1) is 11.0. The van der Waals surface area contributed by atoms with Crippen LogP contribution in [-0.4, -0.2) is 5.78 Å². The lowest BCUT2D eigenvalue weighted by atomic mass is 10.0. The van der Waals surface area contributed by atoms with Crippen molar-refractivity contribution in [2.45, 2.75) is 19.8 Å². The number of hydrogen-bond acceptors (Lipinski definition) is 1. The van der Waals surface area contributed by atoms with Gasteiger partial charge in [0.05, 0.1) is 0 Å². The lowest BCUT2D eigenvalue weighted by Gasteiger charge is -2.01. The van der Waals surface area contributed by atoms with Gasteiger partial charge in [-0.05, 0) is 37.5 Å². The third kappa shape index (κ3) is 1.77. The quantitative estimate of drug-likeness (QED) is 0.702. The van der Waals surface area contributed by atoms with Gasteiger partial charge in [0.15, 0.2) is 17.4 Å². The van der Waals surface area contributed by atoms with E-state index in [9.17, 15) is 13.6 Å². The number of Topliss-reactive ketones (excluding diaryl/α,β-unsaturated/α-hetero) is 1. The number of hydrogen-bond donors (Lipinski definition) is 0. The molecule has 0 saturated carbocycles. The number of allylic oxidation sites excluding steroid dienone is 2. The van der Waals surface area contributed by atoms with E-state index in [0.717, 1.165) is 12.1 Å². The van der Waals surface area contributed by atoms with Crippen LogP contribution in [-0.2, 0) is 6.42 Å². The molecule has 1 aliphatic carbocycles. The molecule has 0 amide bonds. The lowest BCUT2D eigenvalue weighted by molar-refractivity contribution is 0.0937. The molecular formula is C13H12F2O. The summed E-state index contributed by atoms with van der Waals surface area (Å²) in [6.07, 6.45) is 4.92. The molecule has 0 saturated heterocycles. The molecule has 0 N–H and O–H groups in total. The van der Waals surface area contributed by atoms with Crippen LogP contribution in [0.15, 0.2) is 24.3 Å². The Balaban J connectivity index is 2.31. The lowest BCUT2D eigenvalue weighted by Crippen LogP contribution is -2.07. The first-order valence-electron chi connectivity index (χ1n) is 5.26. The maximum Gasteiger partial charge on any atom is 0.166 e. The van der Waals surface area contributed by atoms with Crippen LogP contribution < -0.4 is 0 Å². The van der Waals surface area contributed by atoms with Crippen LogP contribution in [0, 0.1) is 17.6 Å². The minimum Gasteiger partial charge on any atom is -0.294 e. The average molecular weight is 222 g/mol. The molecule has 16 heavy (non-hydrogen) atoms. The zero-order valence-electron chi connectivity index (χ0n) is 8.97. The van der Waals surface area contributed by atoms with E-state index >= 15 is 0 Å². The van der Waals surface area contributed by atoms with Gasteiger partial charge >= 0.3 is 0 Å². The van der Waals surface area contributed by atoms with Gasteiger partial charge in [-0.1, -0.05) is 12.2 Å². The molecular weight excluding hydrogens is 210 g/mol. The van der Waals surface area contributed by atoms with E-state index < -0.39 is 11.6 Å². The van der Waals surface area contributed by atoms with Crippen molar-refractivity contribution < 1.29 is 13.6 Å². The summed E-state index contributed by atoms with van der Waals surface area (Å²) in [6, 6.07) is 2.15. The van der Waals surface area contributed by atoms with Gasteiger partial charge in [-0.25, -0.2) is 8.78 Å². The van der Waals surface area contributed by atoms with Crippen molar-refractivity contribution in [2.75, 3.05) is 0 Å². The van der Waals surface area contributed by atoms with E-state index in [1.54, 1.807) is 0 Å². The van der Waals surface area contributed by atoms with Crippen LogP contribution in [0.4, 0.5) is 8.78 Å². The van der Waals surface area contributed by atoms with Gasteiger partial charge in [-0.2, -0.15) is 0 Å². The summed E-state index contributed by atoms with van der Waals surface area (Å²) in [4.78, 5) is 11.8. The van der Waals surface area contributed by atoms with Crippen molar-refractivity contribution in [1.82, 2.24) is 0 Å². The summed E-state index contributed by atoms with van der Waals surface area (Å²) in [5.74, 6) is -2.06. The highest BCUT2D eigenvalue weighted by Gasteiger charge is 2.30. The number of carbonyl (C=O) groups excluding carboxylic acids is 1. The number of rotatable bonds is 2. The van der Waals surface area contributed by atoms with Crippen LogP contribution in [0.1, 0.15) is 29.3 Å². The molecule has 1 aliphatic rings. The molecule has 0 aromatic heterocycles. The molecule has 0 bridgehead atoms. The van der Waals surface area contributed by atoms with Gasteiger partial charge in [-0.15, -0.1) is 0 Å².